The second-order valence-corrected chi connectivity index (χ2v) is 12.8. The van der Waals surface area contributed by atoms with Gasteiger partial charge in [0.25, 0.3) is 0 Å². The van der Waals surface area contributed by atoms with Crippen molar-refractivity contribution in [3.63, 3.8) is 0 Å². The number of hydrogen-bond acceptors (Lipinski definition) is 5. The van der Waals surface area contributed by atoms with Gasteiger partial charge in [-0.05, 0) is 44.6 Å². The molecular formula is C20H30O5Si. The summed E-state index contributed by atoms with van der Waals surface area (Å²) in [7, 11) is 1.42. The molecule has 0 aliphatic heterocycles. The van der Waals surface area contributed by atoms with Crippen molar-refractivity contribution in [2.75, 3.05) is 14.2 Å². The van der Waals surface area contributed by atoms with Crippen molar-refractivity contribution in [1.82, 2.24) is 0 Å². The van der Waals surface area contributed by atoms with Crippen LogP contribution in [-0.4, -0.2) is 34.6 Å². The molecule has 2 aliphatic carbocycles. The maximum absolute atomic E-state index is 13.0. The second kappa shape index (κ2) is 7.23. The van der Waals surface area contributed by atoms with Crippen molar-refractivity contribution < 1.29 is 23.4 Å². The van der Waals surface area contributed by atoms with Gasteiger partial charge in [0, 0.05) is 11.5 Å². The molecule has 0 radical (unpaired) electrons. The Morgan fingerprint density at radius 1 is 1.04 bits per heavy atom. The molecule has 26 heavy (non-hydrogen) atoms. The standard InChI is InChI=1S/C20H30O5Si/c1-22-14-9-10-15(16(13-14)23-2)24-19(21)17-18(25-26(3,4)5)20(17)11-7-6-8-12-20/h9-10,13,17-18H,6-8,11-12H2,1-5H3/t17-,18+/m1/s1. The molecule has 0 N–H and O–H groups in total. The van der Waals surface area contributed by atoms with Gasteiger partial charge in [-0.15, -0.1) is 0 Å². The number of methoxy groups -OCH3 is 2. The van der Waals surface area contributed by atoms with Gasteiger partial charge in [0.2, 0.25) is 0 Å². The van der Waals surface area contributed by atoms with Gasteiger partial charge in [0.15, 0.2) is 19.8 Å². The Morgan fingerprint density at radius 2 is 1.73 bits per heavy atom. The van der Waals surface area contributed by atoms with E-state index in [1.807, 2.05) is 0 Å². The first kappa shape index (κ1) is 19.2. The average molecular weight is 379 g/mol. The number of ether oxygens (including phenoxy) is 3. The third kappa shape index (κ3) is 3.76. The highest BCUT2D eigenvalue weighted by Gasteiger charge is 2.70. The Bertz CT molecular complexity index is 661. The van der Waals surface area contributed by atoms with Crippen LogP contribution in [0.25, 0.3) is 0 Å². The first-order chi connectivity index (χ1) is 12.3. The molecular weight excluding hydrogens is 348 g/mol. The summed E-state index contributed by atoms with van der Waals surface area (Å²) in [5.41, 5.74) is -0.0185. The molecule has 2 fully saturated rings. The fourth-order valence-electron chi connectivity index (χ4n) is 4.21. The summed E-state index contributed by atoms with van der Waals surface area (Å²) in [6.45, 7) is 6.53. The summed E-state index contributed by atoms with van der Waals surface area (Å²) in [6.07, 6.45) is 5.70. The van der Waals surface area contributed by atoms with E-state index in [0.717, 1.165) is 12.8 Å². The SMILES string of the molecule is COc1ccc(OC(=O)[C@H]2[C@H](O[Si](C)(C)C)C23CCCCC3)c(OC)c1. The molecule has 5 nitrogen and oxygen atoms in total. The Hall–Kier alpha value is -1.53. The van der Waals surface area contributed by atoms with Gasteiger partial charge >= 0.3 is 5.97 Å². The largest absolute Gasteiger partial charge is 0.497 e. The molecule has 0 heterocycles. The topological polar surface area (TPSA) is 54.0 Å². The minimum Gasteiger partial charge on any atom is -0.497 e. The molecule has 6 heteroatoms. The highest BCUT2D eigenvalue weighted by atomic mass is 28.4. The minimum atomic E-state index is -1.73. The zero-order valence-electron chi connectivity index (χ0n) is 16.5. The zero-order valence-corrected chi connectivity index (χ0v) is 17.5. The molecule has 0 bridgehead atoms. The number of carbonyl (C=O) groups excluding carboxylic acids is 1. The molecule has 0 amide bonds. The number of rotatable bonds is 6. The minimum absolute atomic E-state index is 0.00575. The van der Waals surface area contributed by atoms with E-state index in [2.05, 4.69) is 19.6 Å². The molecule has 144 valence electrons. The fourth-order valence-corrected chi connectivity index (χ4v) is 5.35. The average Bonchev–Trinajstić information content (AvgIpc) is 3.18. The Morgan fingerprint density at radius 3 is 2.31 bits per heavy atom. The van der Waals surface area contributed by atoms with E-state index < -0.39 is 8.32 Å². The van der Waals surface area contributed by atoms with Crippen LogP contribution in [0.4, 0.5) is 0 Å². The molecule has 1 spiro atoms. The van der Waals surface area contributed by atoms with Gasteiger partial charge in [0.1, 0.15) is 5.75 Å². The van der Waals surface area contributed by atoms with E-state index in [1.165, 1.54) is 19.3 Å². The fraction of sp³-hybridized carbons (Fsp3) is 0.650. The van der Waals surface area contributed by atoms with Crippen LogP contribution in [0.2, 0.25) is 19.6 Å². The third-order valence-corrected chi connectivity index (χ3v) is 6.44. The maximum Gasteiger partial charge on any atom is 0.317 e. The molecule has 2 atom stereocenters. The first-order valence-electron chi connectivity index (χ1n) is 9.42. The molecule has 1 aromatic carbocycles. The van der Waals surface area contributed by atoms with E-state index >= 15 is 0 Å². The van der Waals surface area contributed by atoms with Crippen molar-refractivity contribution in [3.05, 3.63) is 18.2 Å². The summed E-state index contributed by atoms with van der Waals surface area (Å²) in [6, 6.07) is 5.21. The van der Waals surface area contributed by atoms with Crippen LogP contribution >= 0.6 is 0 Å². The highest BCUT2D eigenvalue weighted by molar-refractivity contribution is 6.69. The lowest BCUT2D eigenvalue weighted by atomic mass is 9.84. The number of hydrogen-bond donors (Lipinski definition) is 0. The lowest BCUT2D eigenvalue weighted by molar-refractivity contribution is -0.137. The summed E-state index contributed by atoms with van der Waals surface area (Å²) in [5.74, 6) is 1.23. The summed E-state index contributed by atoms with van der Waals surface area (Å²) >= 11 is 0. The predicted octanol–water partition coefficient (Wildman–Crippen LogP) is 4.41. The summed E-state index contributed by atoms with van der Waals surface area (Å²) < 4.78 is 22.7. The van der Waals surface area contributed by atoms with Crippen LogP contribution in [0.5, 0.6) is 17.2 Å². The first-order valence-corrected chi connectivity index (χ1v) is 12.8. The summed E-state index contributed by atoms with van der Waals surface area (Å²) in [5, 5.41) is 0. The number of benzene rings is 1. The lowest BCUT2D eigenvalue weighted by Crippen LogP contribution is -2.29. The van der Waals surface area contributed by atoms with Crippen molar-refractivity contribution in [2.24, 2.45) is 11.3 Å². The quantitative estimate of drug-likeness (QED) is 0.417. The van der Waals surface area contributed by atoms with Gasteiger partial charge in [0.05, 0.1) is 26.2 Å². The number of esters is 1. The normalized spacial score (nSPS) is 24.2. The van der Waals surface area contributed by atoms with Gasteiger partial charge in [-0.1, -0.05) is 19.3 Å². The molecule has 2 saturated carbocycles. The molecule has 1 aromatic rings. The molecule has 0 saturated heterocycles. The Balaban J connectivity index is 1.78. The monoisotopic (exact) mass is 378 g/mol. The van der Waals surface area contributed by atoms with Crippen LogP contribution in [0.15, 0.2) is 18.2 Å². The highest BCUT2D eigenvalue weighted by Crippen LogP contribution is 2.64. The third-order valence-electron chi connectivity index (χ3n) is 5.48. The lowest BCUT2D eigenvalue weighted by Gasteiger charge is -2.25. The smallest absolute Gasteiger partial charge is 0.317 e. The van der Waals surface area contributed by atoms with Gasteiger partial charge in [-0.3, -0.25) is 4.79 Å². The second-order valence-electron chi connectivity index (χ2n) is 8.36. The molecule has 0 aromatic heterocycles. The van der Waals surface area contributed by atoms with Crippen molar-refractivity contribution in [3.8, 4) is 17.2 Å². The number of carbonyl (C=O) groups is 1. The molecule has 2 aliphatic rings. The van der Waals surface area contributed by atoms with E-state index in [-0.39, 0.29) is 23.4 Å². The zero-order chi connectivity index (χ0) is 18.9. The van der Waals surface area contributed by atoms with E-state index in [0.29, 0.717) is 17.2 Å². The van der Waals surface area contributed by atoms with Crippen LogP contribution in [0.3, 0.4) is 0 Å². The Kier molecular flexibility index (Phi) is 5.35. The van der Waals surface area contributed by atoms with Gasteiger partial charge in [-0.2, -0.15) is 0 Å². The van der Waals surface area contributed by atoms with Gasteiger partial charge < -0.3 is 18.6 Å². The Labute approximate surface area is 157 Å². The van der Waals surface area contributed by atoms with Crippen molar-refractivity contribution in [1.29, 1.82) is 0 Å². The van der Waals surface area contributed by atoms with Crippen LogP contribution in [-0.2, 0) is 9.22 Å². The van der Waals surface area contributed by atoms with Crippen LogP contribution in [0, 0.1) is 11.3 Å². The van der Waals surface area contributed by atoms with Crippen molar-refractivity contribution in [2.45, 2.75) is 57.8 Å². The van der Waals surface area contributed by atoms with Gasteiger partial charge in [-0.25, -0.2) is 0 Å². The molecule has 3 rings (SSSR count). The predicted molar refractivity (Wildman–Crippen MR) is 102 cm³/mol. The van der Waals surface area contributed by atoms with E-state index in [4.69, 9.17) is 18.6 Å². The maximum atomic E-state index is 13.0. The summed E-state index contributed by atoms with van der Waals surface area (Å²) in [4.78, 5) is 13.0. The van der Waals surface area contributed by atoms with E-state index in [9.17, 15) is 4.79 Å². The van der Waals surface area contributed by atoms with Crippen LogP contribution < -0.4 is 14.2 Å². The van der Waals surface area contributed by atoms with E-state index in [1.54, 1.807) is 32.4 Å². The molecule has 0 unspecified atom stereocenters. The van der Waals surface area contributed by atoms with Crippen molar-refractivity contribution >= 4 is 14.3 Å². The van der Waals surface area contributed by atoms with Crippen LogP contribution in [0.1, 0.15) is 32.1 Å².